The number of carbonyl (C=O) groups is 1. The van der Waals surface area contributed by atoms with Crippen LogP contribution in [-0.4, -0.2) is 5.97 Å². The van der Waals surface area contributed by atoms with Crippen LogP contribution in [0, 0.1) is 10.5 Å². The van der Waals surface area contributed by atoms with E-state index in [9.17, 15) is 4.79 Å². The fourth-order valence-corrected chi connectivity index (χ4v) is 2.47. The molecule has 104 valence electrons. The lowest BCUT2D eigenvalue weighted by molar-refractivity contribution is 0.0732. The topological polar surface area (TPSA) is 26.3 Å². The molecule has 0 atom stereocenters. The molecule has 2 nitrogen and oxygen atoms in total. The number of esters is 1. The number of carbonyl (C=O) groups excluding carboxylic acids is 1. The van der Waals surface area contributed by atoms with E-state index in [1.165, 1.54) is 5.56 Å². The zero-order chi connectivity index (χ0) is 14.7. The molecule has 0 aliphatic rings. The van der Waals surface area contributed by atoms with E-state index < -0.39 is 0 Å². The van der Waals surface area contributed by atoms with Gasteiger partial charge in [-0.1, -0.05) is 38.1 Å². The van der Waals surface area contributed by atoms with Crippen LogP contribution in [0.4, 0.5) is 0 Å². The van der Waals surface area contributed by atoms with Gasteiger partial charge in [0.25, 0.3) is 0 Å². The first-order valence-electron chi connectivity index (χ1n) is 6.56. The number of ether oxygens (including phenoxy) is 1. The predicted octanol–water partition coefficient (Wildman–Crippen LogP) is 4.94. The Morgan fingerprint density at radius 1 is 1.15 bits per heavy atom. The minimum Gasteiger partial charge on any atom is -0.423 e. The Morgan fingerprint density at radius 2 is 1.85 bits per heavy atom. The molecule has 0 aromatic heterocycles. The molecule has 0 fully saturated rings. The van der Waals surface area contributed by atoms with E-state index in [0.29, 0.717) is 17.2 Å². The number of rotatable bonds is 3. The largest absolute Gasteiger partial charge is 0.423 e. The molecule has 0 amide bonds. The second-order valence-electron chi connectivity index (χ2n) is 5.05. The summed E-state index contributed by atoms with van der Waals surface area (Å²) in [6.07, 6.45) is 0. The van der Waals surface area contributed by atoms with Crippen molar-refractivity contribution in [3.05, 3.63) is 62.7 Å². The van der Waals surface area contributed by atoms with E-state index >= 15 is 0 Å². The lowest BCUT2D eigenvalue weighted by atomic mass is 10.0. The molecule has 0 aliphatic carbocycles. The zero-order valence-corrected chi connectivity index (χ0v) is 14.0. The molecular formula is C17H17IO2. The van der Waals surface area contributed by atoms with Crippen molar-refractivity contribution in [1.82, 2.24) is 0 Å². The average Bonchev–Trinajstić information content (AvgIpc) is 2.41. The van der Waals surface area contributed by atoms with E-state index in [2.05, 4.69) is 42.5 Å². The summed E-state index contributed by atoms with van der Waals surface area (Å²) in [5, 5.41) is 0. The van der Waals surface area contributed by atoms with Crippen LogP contribution in [0.1, 0.15) is 41.3 Å². The molecule has 0 bridgehead atoms. The number of hydrogen-bond donors (Lipinski definition) is 0. The van der Waals surface area contributed by atoms with Crippen molar-refractivity contribution >= 4 is 28.6 Å². The highest BCUT2D eigenvalue weighted by atomic mass is 127. The number of halogens is 1. The number of benzene rings is 2. The highest BCUT2D eigenvalue weighted by Crippen LogP contribution is 2.25. The van der Waals surface area contributed by atoms with E-state index in [4.69, 9.17) is 4.74 Å². The van der Waals surface area contributed by atoms with Crippen molar-refractivity contribution in [2.45, 2.75) is 26.7 Å². The quantitative estimate of drug-likeness (QED) is 0.428. The average molecular weight is 380 g/mol. The van der Waals surface area contributed by atoms with E-state index in [0.717, 1.165) is 9.13 Å². The summed E-state index contributed by atoms with van der Waals surface area (Å²) in [4.78, 5) is 12.2. The molecule has 0 aliphatic heterocycles. The molecule has 0 saturated heterocycles. The first-order valence-corrected chi connectivity index (χ1v) is 7.64. The molecule has 0 radical (unpaired) electrons. The SMILES string of the molecule is Cc1ccc(C(C)C)cc1OC(=O)c1ccccc1I. The van der Waals surface area contributed by atoms with E-state index in [1.54, 1.807) is 6.07 Å². The van der Waals surface area contributed by atoms with Crippen molar-refractivity contribution < 1.29 is 9.53 Å². The molecule has 20 heavy (non-hydrogen) atoms. The summed E-state index contributed by atoms with van der Waals surface area (Å²) in [5.74, 6) is 0.741. The molecule has 2 rings (SSSR count). The highest BCUT2D eigenvalue weighted by molar-refractivity contribution is 14.1. The predicted molar refractivity (Wildman–Crippen MR) is 89.4 cm³/mol. The zero-order valence-electron chi connectivity index (χ0n) is 11.8. The minimum atomic E-state index is -0.306. The standard InChI is InChI=1S/C17H17IO2/c1-11(2)13-9-8-12(3)16(10-13)20-17(19)14-6-4-5-7-15(14)18/h4-11H,1-3H3. The van der Waals surface area contributed by atoms with Crippen molar-refractivity contribution in [3.8, 4) is 5.75 Å². The third kappa shape index (κ3) is 3.39. The third-order valence-electron chi connectivity index (χ3n) is 3.18. The maximum Gasteiger partial charge on any atom is 0.344 e. The Hall–Kier alpha value is -1.36. The second-order valence-corrected chi connectivity index (χ2v) is 6.21. The monoisotopic (exact) mass is 380 g/mol. The molecule has 0 unspecified atom stereocenters. The normalized spacial score (nSPS) is 10.7. The van der Waals surface area contributed by atoms with Gasteiger partial charge in [-0.3, -0.25) is 0 Å². The maximum atomic E-state index is 12.2. The van der Waals surface area contributed by atoms with Crippen molar-refractivity contribution in [2.24, 2.45) is 0 Å². The smallest absolute Gasteiger partial charge is 0.344 e. The van der Waals surface area contributed by atoms with Crippen LogP contribution in [0.25, 0.3) is 0 Å². The Bertz CT molecular complexity index is 633. The number of aryl methyl sites for hydroxylation is 1. The summed E-state index contributed by atoms with van der Waals surface area (Å²) >= 11 is 2.14. The van der Waals surface area contributed by atoms with Gasteiger partial charge < -0.3 is 4.74 Å². The molecule has 2 aromatic carbocycles. The maximum absolute atomic E-state index is 12.2. The van der Waals surface area contributed by atoms with Crippen LogP contribution in [0.15, 0.2) is 42.5 Å². The lowest BCUT2D eigenvalue weighted by Gasteiger charge is -2.12. The summed E-state index contributed by atoms with van der Waals surface area (Å²) in [6, 6.07) is 13.4. The van der Waals surface area contributed by atoms with Gasteiger partial charge >= 0.3 is 5.97 Å². The fraction of sp³-hybridized carbons (Fsp3) is 0.235. The van der Waals surface area contributed by atoms with Gasteiger partial charge in [-0.2, -0.15) is 0 Å². The minimum absolute atomic E-state index is 0.306. The molecule has 0 heterocycles. The molecule has 0 saturated carbocycles. The van der Waals surface area contributed by atoms with Crippen LogP contribution < -0.4 is 4.74 Å². The van der Waals surface area contributed by atoms with Crippen molar-refractivity contribution in [1.29, 1.82) is 0 Å². The van der Waals surface area contributed by atoms with Crippen LogP contribution in [0.5, 0.6) is 5.75 Å². The summed E-state index contributed by atoms with van der Waals surface area (Å²) < 4.78 is 6.46. The lowest BCUT2D eigenvalue weighted by Crippen LogP contribution is -2.11. The summed E-state index contributed by atoms with van der Waals surface area (Å²) in [6.45, 7) is 6.19. The van der Waals surface area contributed by atoms with Gasteiger partial charge in [-0.05, 0) is 64.8 Å². The first kappa shape index (κ1) is 15.0. The summed E-state index contributed by atoms with van der Waals surface area (Å²) in [5.41, 5.74) is 2.73. The van der Waals surface area contributed by atoms with Gasteiger partial charge in [0.1, 0.15) is 5.75 Å². The summed E-state index contributed by atoms with van der Waals surface area (Å²) in [7, 11) is 0. The van der Waals surface area contributed by atoms with Gasteiger partial charge in [0.2, 0.25) is 0 Å². The fourth-order valence-electron chi connectivity index (χ4n) is 1.87. The van der Waals surface area contributed by atoms with Crippen LogP contribution in [0.2, 0.25) is 0 Å². The molecule has 3 heteroatoms. The number of hydrogen-bond acceptors (Lipinski definition) is 2. The van der Waals surface area contributed by atoms with Crippen LogP contribution in [0.3, 0.4) is 0 Å². The highest BCUT2D eigenvalue weighted by Gasteiger charge is 2.14. The Morgan fingerprint density at radius 3 is 2.50 bits per heavy atom. The van der Waals surface area contributed by atoms with E-state index in [1.807, 2.05) is 37.3 Å². The molecular weight excluding hydrogens is 363 g/mol. The third-order valence-corrected chi connectivity index (χ3v) is 4.12. The second kappa shape index (κ2) is 6.39. The van der Waals surface area contributed by atoms with Gasteiger partial charge in [-0.25, -0.2) is 4.79 Å². The van der Waals surface area contributed by atoms with Gasteiger partial charge in [-0.15, -0.1) is 0 Å². The Labute approximate surface area is 133 Å². The van der Waals surface area contributed by atoms with Gasteiger partial charge in [0, 0.05) is 3.57 Å². The van der Waals surface area contributed by atoms with Crippen molar-refractivity contribution in [3.63, 3.8) is 0 Å². The van der Waals surface area contributed by atoms with Gasteiger partial charge in [0.05, 0.1) is 5.56 Å². The Balaban J connectivity index is 2.28. The first-order chi connectivity index (χ1) is 9.49. The van der Waals surface area contributed by atoms with Crippen molar-refractivity contribution in [2.75, 3.05) is 0 Å². The Kier molecular flexibility index (Phi) is 4.81. The molecule has 2 aromatic rings. The molecule has 0 spiro atoms. The van der Waals surface area contributed by atoms with E-state index in [-0.39, 0.29) is 5.97 Å². The van der Waals surface area contributed by atoms with Crippen LogP contribution in [-0.2, 0) is 0 Å². The van der Waals surface area contributed by atoms with Gasteiger partial charge in [0.15, 0.2) is 0 Å². The van der Waals surface area contributed by atoms with Crippen LogP contribution >= 0.6 is 22.6 Å². The molecule has 0 N–H and O–H groups in total.